The van der Waals surface area contributed by atoms with Crippen molar-refractivity contribution in [2.45, 2.75) is 25.6 Å². The molecule has 0 radical (unpaired) electrons. The van der Waals surface area contributed by atoms with Gasteiger partial charge in [0.2, 0.25) is 5.91 Å². The van der Waals surface area contributed by atoms with Crippen molar-refractivity contribution in [1.29, 1.82) is 0 Å². The zero-order valence-corrected chi connectivity index (χ0v) is 14.2. The second-order valence-corrected chi connectivity index (χ2v) is 8.03. The van der Waals surface area contributed by atoms with Crippen molar-refractivity contribution in [2.75, 3.05) is 5.75 Å². The fourth-order valence-electron chi connectivity index (χ4n) is 2.20. The highest BCUT2D eigenvalue weighted by molar-refractivity contribution is 7.92. The molecule has 1 N–H and O–H groups in total. The maximum absolute atomic E-state index is 12.0. The number of carbonyl (C=O) groups excluding carboxylic acids is 1. The maximum Gasteiger partial charge on any atom is 0.238 e. The van der Waals surface area contributed by atoms with Gasteiger partial charge in [-0.3, -0.25) is 9.48 Å². The van der Waals surface area contributed by atoms with E-state index in [1.54, 1.807) is 17.8 Å². The van der Waals surface area contributed by atoms with Gasteiger partial charge in [-0.05, 0) is 19.1 Å². The Labute approximate surface area is 134 Å². The van der Waals surface area contributed by atoms with E-state index in [-0.39, 0.29) is 12.3 Å². The fraction of sp³-hybridized carbons (Fsp3) is 0.429. The molecule has 0 fully saturated rings. The van der Waals surface area contributed by atoms with Crippen molar-refractivity contribution in [2.24, 2.45) is 7.05 Å². The Morgan fingerprint density at radius 3 is 2.77 bits per heavy atom. The molecule has 0 saturated carbocycles. The number of nitrogens with zero attached hydrogens (tertiary/aromatic N) is 2. The van der Waals surface area contributed by atoms with E-state index in [0.717, 1.165) is 10.9 Å². The van der Waals surface area contributed by atoms with Gasteiger partial charge in [-0.15, -0.1) is 0 Å². The Balaban J connectivity index is 2.21. The average Bonchev–Trinajstić information content (AvgIpc) is 2.82. The number of amides is 1. The number of halogens is 1. The highest BCUT2D eigenvalue weighted by atomic mass is 35.5. The molecule has 0 saturated heterocycles. The van der Waals surface area contributed by atoms with E-state index in [4.69, 9.17) is 11.6 Å². The highest BCUT2D eigenvalue weighted by Gasteiger charge is 2.26. The van der Waals surface area contributed by atoms with Gasteiger partial charge < -0.3 is 5.32 Å². The van der Waals surface area contributed by atoms with Crippen LogP contribution in [0.5, 0.6) is 0 Å². The molecule has 120 valence electrons. The summed E-state index contributed by atoms with van der Waals surface area (Å²) < 4.78 is 25.1. The molecule has 0 aliphatic heterocycles. The number of hydrogen-bond acceptors (Lipinski definition) is 4. The van der Waals surface area contributed by atoms with Gasteiger partial charge in [0.15, 0.2) is 9.84 Å². The molecule has 6 nitrogen and oxygen atoms in total. The van der Waals surface area contributed by atoms with Crippen LogP contribution in [-0.2, 0) is 28.2 Å². The molecule has 8 heteroatoms. The van der Waals surface area contributed by atoms with Gasteiger partial charge in [-0.2, -0.15) is 5.10 Å². The number of rotatable bonds is 5. The molecule has 1 aromatic heterocycles. The maximum atomic E-state index is 12.0. The molecule has 0 unspecified atom stereocenters. The van der Waals surface area contributed by atoms with Crippen LogP contribution in [-0.4, -0.2) is 35.1 Å². The summed E-state index contributed by atoms with van der Waals surface area (Å²) in [6.07, 6.45) is 0. The summed E-state index contributed by atoms with van der Waals surface area (Å²) in [6, 6.07) is 5.45. The lowest BCUT2D eigenvalue weighted by atomic mass is 10.2. The Morgan fingerprint density at radius 1 is 1.45 bits per heavy atom. The molecule has 0 aliphatic rings. The van der Waals surface area contributed by atoms with E-state index in [2.05, 4.69) is 10.4 Å². The summed E-state index contributed by atoms with van der Waals surface area (Å²) in [4.78, 5) is 12.0. The monoisotopic (exact) mass is 343 g/mol. The Hall–Kier alpha value is -1.60. The van der Waals surface area contributed by atoms with Crippen molar-refractivity contribution < 1.29 is 13.2 Å². The van der Waals surface area contributed by atoms with E-state index >= 15 is 0 Å². The Morgan fingerprint density at radius 2 is 2.14 bits per heavy atom. The Kier molecular flexibility index (Phi) is 4.77. The zero-order valence-electron chi connectivity index (χ0n) is 12.6. The highest BCUT2D eigenvalue weighted by Crippen LogP contribution is 2.26. The van der Waals surface area contributed by atoms with Gasteiger partial charge in [-0.1, -0.05) is 24.6 Å². The van der Waals surface area contributed by atoms with Crippen LogP contribution in [0.4, 0.5) is 0 Å². The van der Waals surface area contributed by atoms with Crippen LogP contribution < -0.4 is 5.32 Å². The molecule has 1 atom stereocenters. The van der Waals surface area contributed by atoms with Crippen LogP contribution in [0, 0.1) is 0 Å². The predicted molar refractivity (Wildman–Crippen MR) is 86.5 cm³/mol. The zero-order chi connectivity index (χ0) is 16.5. The number of benzene rings is 1. The topological polar surface area (TPSA) is 81.1 Å². The summed E-state index contributed by atoms with van der Waals surface area (Å²) >= 11 is 6.19. The lowest BCUT2D eigenvalue weighted by Gasteiger charge is -2.11. The number of aromatic nitrogens is 2. The number of nitrogens with one attached hydrogen (secondary N) is 1. The van der Waals surface area contributed by atoms with Crippen molar-refractivity contribution in [3.05, 3.63) is 28.9 Å². The van der Waals surface area contributed by atoms with Gasteiger partial charge in [-0.25, -0.2) is 8.42 Å². The summed E-state index contributed by atoms with van der Waals surface area (Å²) in [5.41, 5.74) is 1.46. The van der Waals surface area contributed by atoms with Gasteiger partial charge in [0.05, 0.1) is 22.8 Å². The van der Waals surface area contributed by atoms with E-state index < -0.39 is 21.0 Å². The minimum Gasteiger partial charge on any atom is -0.349 e. The third-order valence-corrected chi connectivity index (χ3v) is 6.05. The average molecular weight is 344 g/mol. The van der Waals surface area contributed by atoms with Gasteiger partial charge in [0.1, 0.15) is 5.25 Å². The molecule has 2 rings (SSSR count). The van der Waals surface area contributed by atoms with Crippen molar-refractivity contribution in [3.63, 3.8) is 0 Å². The predicted octanol–water partition coefficient (Wildman–Crippen LogP) is 1.67. The van der Waals surface area contributed by atoms with Crippen LogP contribution >= 0.6 is 11.6 Å². The number of carbonyl (C=O) groups is 1. The van der Waals surface area contributed by atoms with Crippen LogP contribution in [0.3, 0.4) is 0 Å². The van der Waals surface area contributed by atoms with E-state index in [1.807, 2.05) is 12.1 Å². The van der Waals surface area contributed by atoms with Gasteiger partial charge in [0, 0.05) is 18.2 Å². The number of fused-ring (bicyclic) bond motifs is 1. The summed E-state index contributed by atoms with van der Waals surface area (Å²) in [5.74, 6) is -0.604. The largest absolute Gasteiger partial charge is 0.349 e. The molecule has 22 heavy (non-hydrogen) atoms. The van der Waals surface area contributed by atoms with Crippen molar-refractivity contribution >= 4 is 38.2 Å². The van der Waals surface area contributed by atoms with Gasteiger partial charge >= 0.3 is 0 Å². The molecule has 0 aliphatic carbocycles. The number of sulfone groups is 1. The lowest BCUT2D eigenvalue weighted by molar-refractivity contribution is -0.120. The third kappa shape index (κ3) is 3.10. The molecular formula is C14H18ClN3O3S. The number of aryl methyl sites for hydroxylation is 1. The quantitative estimate of drug-likeness (QED) is 0.895. The summed E-state index contributed by atoms with van der Waals surface area (Å²) in [6.45, 7) is 3.03. The Bertz CT molecular complexity index is 814. The van der Waals surface area contributed by atoms with Crippen LogP contribution in [0.25, 0.3) is 10.9 Å². The van der Waals surface area contributed by atoms with Crippen molar-refractivity contribution in [1.82, 2.24) is 15.1 Å². The second-order valence-electron chi connectivity index (χ2n) is 5.02. The molecule has 1 amide bonds. The molecule has 0 bridgehead atoms. The first-order valence-electron chi connectivity index (χ1n) is 6.87. The normalized spacial score (nSPS) is 13.3. The minimum atomic E-state index is -3.41. The molecule has 2 aromatic rings. The summed E-state index contributed by atoms with van der Waals surface area (Å²) in [7, 11) is -1.63. The van der Waals surface area contributed by atoms with E-state index in [0.29, 0.717) is 10.7 Å². The first-order valence-corrected chi connectivity index (χ1v) is 8.96. The standard InChI is InChI=1S/C14H18ClN3O3S/c1-4-22(20,21)9(2)14(19)16-8-11-13-10(15)6-5-7-12(13)18(3)17-11/h5-7,9H,4,8H2,1-3H3,(H,16,19)/t9-/m0/s1. The summed E-state index contributed by atoms with van der Waals surface area (Å²) in [5, 5.41) is 7.18. The smallest absolute Gasteiger partial charge is 0.238 e. The van der Waals surface area contributed by atoms with Crippen LogP contribution in [0.2, 0.25) is 5.02 Å². The molecule has 1 heterocycles. The van der Waals surface area contributed by atoms with Gasteiger partial charge in [0.25, 0.3) is 0 Å². The molecular weight excluding hydrogens is 326 g/mol. The fourth-order valence-corrected chi connectivity index (χ4v) is 3.39. The molecule has 0 spiro atoms. The number of hydrogen-bond donors (Lipinski definition) is 1. The first kappa shape index (κ1) is 16.8. The van der Waals surface area contributed by atoms with E-state index in [1.165, 1.54) is 13.8 Å². The van der Waals surface area contributed by atoms with Crippen molar-refractivity contribution in [3.8, 4) is 0 Å². The first-order chi connectivity index (χ1) is 10.3. The van der Waals surface area contributed by atoms with E-state index in [9.17, 15) is 13.2 Å². The SMILES string of the molecule is CCS(=O)(=O)[C@@H](C)C(=O)NCc1nn(C)c2cccc(Cl)c12. The molecule has 1 aromatic carbocycles. The van der Waals surface area contributed by atoms with Crippen LogP contribution in [0.15, 0.2) is 18.2 Å². The third-order valence-electron chi connectivity index (χ3n) is 3.64. The second kappa shape index (κ2) is 6.26. The minimum absolute atomic E-state index is 0.0695. The lowest BCUT2D eigenvalue weighted by Crippen LogP contribution is -2.38. The van der Waals surface area contributed by atoms with Crippen LogP contribution in [0.1, 0.15) is 19.5 Å².